The zero-order valence-corrected chi connectivity index (χ0v) is 17.8. The number of sulfone groups is 1. The highest BCUT2D eigenvalue weighted by Crippen LogP contribution is 2.14. The fraction of sp³-hybridized carbons (Fsp3) is 0.583. The van der Waals surface area contributed by atoms with Crippen molar-refractivity contribution in [3.05, 3.63) is 17.5 Å². The highest BCUT2D eigenvalue weighted by Gasteiger charge is 2.28. The lowest BCUT2D eigenvalue weighted by Gasteiger charge is -2.16. The lowest BCUT2D eigenvalue weighted by Crippen LogP contribution is -2.46. The molecule has 2 rings (SSSR count). The van der Waals surface area contributed by atoms with E-state index in [0.717, 1.165) is 11.3 Å². The molecule has 1 aromatic rings. The largest absolute Gasteiger partial charge is 0.355 e. The summed E-state index contributed by atoms with van der Waals surface area (Å²) in [5.74, 6) is 0.739. The lowest BCUT2D eigenvalue weighted by molar-refractivity contribution is 0.581. The zero-order chi connectivity index (χ0) is 16.9. The summed E-state index contributed by atoms with van der Waals surface area (Å²) in [6, 6.07) is 3.06. The summed E-state index contributed by atoms with van der Waals surface area (Å²) in [5, 5.41) is 7.70. The average molecular weight is 508 g/mol. The Labute approximate surface area is 163 Å². The minimum Gasteiger partial charge on any atom is -0.355 e. The van der Waals surface area contributed by atoms with Crippen molar-refractivity contribution in [1.82, 2.24) is 15.4 Å². The van der Waals surface area contributed by atoms with E-state index in [2.05, 4.69) is 20.3 Å². The molecule has 1 aliphatic heterocycles. The normalized spacial score (nSPS) is 20.4. The summed E-state index contributed by atoms with van der Waals surface area (Å²) in [4.78, 5) is 4.01. The Bertz CT molecular complexity index is 747. The first kappa shape index (κ1) is 21.6. The van der Waals surface area contributed by atoms with E-state index in [1.807, 2.05) is 0 Å². The van der Waals surface area contributed by atoms with Crippen LogP contribution in [0.15, 0.2) is 26.7 Å². The third-order valence-corrected chi connectivity index (χ3v) is 7.89. The number of hydrogen-bond acceptors (Lipinski definition) is 6. The Balaban J connectivity index is 0.00000288. The Morgan fingerprint density at radius 3 is 2.71 bits per heavy atom. The van der Waals surface area contributed by atoms with Gasteiger partial charge in [-0.25, -0.2) is 21.6 Å². The van der Waals surface area contributed by atoms with Crippen molar-refractivity contribution in [3.8, 4) is 0 Å². The van der Waals surface area contributed by atoms with Gasteiger partial charge < -0.3 is 10.6 Å². The predicted molar refractivity (Wildman–Crippen MR) is 106 cm³/mol. The molecule has 1 saturated heterocycles. The number of halogens is 1. The first-order valence-corrected chi connectivity index (χ1v) is 11.2. The number of rotatable bonds is 6. The smallest absolute Gasteiger partial charge is 0.250 e. The van der Waals surface area contributed by atoms with Crippen molar-refractivity contribution in [2.45, 2.75) is 16.7 Å². The molecule has 2 heterocycles. The van der Waals surface area contributed by atoms with E-state index in [4.69, 9.17) is 0 Å². The molecule has 1 fully saturated rings. The minimum absolute atomic E-state index is 0. The van der Waals surface area contributed by atoms with Gasteiger partial charge in [-0.2, -0.15) is 0 Å². The van der Waals surface area contributed by atoms with E-state index < -0.39 is 19.9 Å². The van der Waals surface area contributed by atoms with Crippen molar-refractivity contribution in [1.29, 1.82) is 0 Å². The van der Waals surface area contributed by atoms with E-state index in [1.165, 1.54) is 0 Å². The summed E-state index contributed by atoms with van der Waals surface area (Å²) in [7, 11) is -4.85. The Kier molecular flexibility index (Phi) is 8.38. The Morgan fingerprint density at radius 2 is 2.17 bits per heavy atom. The van der Waals surface area contributed by atoms with Gasteiger partial charge in [0, 0.05) is 26.2 Å². The summed E-state index contributed by atoms with van der Waals surface area (Å²) < 4.78 is 49.4. The molecule has 1 unspecified atom stereocenters. The molecular formula is C12H21IN4O4S3. The molecule has 0 saturated carbocycles. The van der Waals surface area contributed by atoms with Crippen LogP contribution in [-0.2, 0) is 19.9 Å². The highest BCUT2D eigenvalue weighted by molar-refractivity contribution is 14.0. The van der Waals surface area contributed by atoms with Gasteiger partial charge in [0.25, 0.3) is 0 Å². The Hall–Kier alpha value is -0.440. The van der Waals surface area contributed by atoms with E-state index >= 15 is 0 Å². The van der Waals surface area contributed by atoms with Crippen LogP contribution in [0.5, 0.6) is 0 Å². The van der Waals surface area contributed by atoms with Crippen molar-refractivity contribution in [3.63, 3.8) is 0 Å². The van der Waals surface area contributed by atoms with Crippen LogP contribution < -0.4 is 15.4 Å². The van der Waals surface area contributed by atoms with Crippen LogP contribution in [0, 0.1) is 0 Å². The molecule has 3 N–H and O–H groups in total. The van der Waals surface area contributed by atoms with Crippen LogP contribution in [0.3, 0.4) is 0 Å². The van der Waals surface area contributed by atoms with Gasteiger partial charge in [-0.1, -0.05) is 6.07 Å². The van der Waals surface area contributed by atoms with Crippen molar-refractivity contribution in [2.75, 3.05) is 31.6 Å². The molecule has 1 aliphatic rings. The van der Waals surface area contributed by atoms with Crippen LogP contribution in [0.1, 0.15) is 6.42 Å². The Morgan fingerprint density at radius 1 is 1.42 bits per heavy atom. The van der Waals surface area contributed by atoms with E-state index in [-0.39, 0.29) is 52.3 Å². The second kappa shape index (κ2) is 9.31. The lowest BCUT2D eigenvalue weighted by atomic mass is 10.3. The third-order valence-electron chi connectivity index (χ3n) is 3.27. The van der Waals surface area contributed by atoms with Gasteiger partial charge in [-0.15, -0.1) is 35.3 Å². The quantitative estimate of drug-likeness (QED) is 0.216. The molecule has 0 aromatic carbocycles. The molecular weight excluding hydrogens is 487 g/mol. The fourth-order valence-corrected chi connectivity index (χ4v) is 5.89. The maximum absolute atomic E-state index is 11.9. The van der Waals surface area contributed by atoms with Gasteiger partial charge in [0.15, 0.2) is 15.8 Å². The maximum atomic E-state index is 11.9. The van der Waals surface area contributed by atoms with Gasteiger partial charge in [-0.05, 0) is 17.9 Å². The first-order valence-electron chi connectivity index (χ1n) is 7.03. The summed E-state index contributed by atoms with van der Waals surface area (Å²) in [6.07, 6.45) is 0.550. The van der Waals surface area contributed by atoms with Gasteiger partial charge in [-0.3, -0.25) is 4.99 Å². The summed E-state index contributed by atoms with van der Waals surface area (Å²) >= 11 is 1.16. The molecule has 0 bridgehead atoms. The van der Waals surface area contributed by atoms with Crippen LogP contribution in [0.2, 0.25) is 0 Å². The van der Waals surface area contributed by atoms with Crippen molar-refractivity contribution >= 4 is 61.1 Å². The van der Waals surface area contributed by atoms with Crippen LogP contribution in [-0.4, -0.2) is 60.5 Å². The molecule has 0 spiro atoms. The number of nitrogens with zero attached hydrogens (tertiary/aromatic N) is 1. The van der Waals surface area contributed by atoms with E-state index in [1.54, 1.807) is 24.6 Å². The van der Waals surface area contributed by atoms with Gasteiger partial charge >= 0.3 is 0 Å². The number of thiophene rings is 1. The standard InChI is InChI=1S/C12H20N4O4S3.HI/c1-13-12(16-10-4-8-22(17,18)9-10)14-5-6-15-23(19,20)11-3-2-7-21-11;/h2-3,7,10,15H,4-6,8-9H2,1H3,(H2,13,14,16);1H. The molecule has 1 atom stereocenters. The van der Waals surface area contributed by atoms with Gasteiger partial charge in [0.2, 0.25) is 10.0 Å². The maximum Gasteiger partial charge on any atom is 0.250 e. The molecule has 0 radical (unpaired) electrons. The molecule has 0 aliphatic carbocycles. The molecule has 24 heavy (non-hydrogen) atoms. The fourth-order valence-electron chi connectivity index (χ4n) is 2.15. The SMILES string of the molecule is CN=C(NCCNS(=O)(=O)c1cccs1)NC1CCS(=O)(=O)C1.I. The average Bonchev–Trinajstić information content (AvgIpc) is 3.12. The van der Waals surface area contributed by atoms with Crippen LogP contribution >= 0.6 is 35.3 Å². The monoisotopic (exact) mass is 508 g/mol. The second-order valence-electron chi connectivity index (χ2n) is 5.07. The van der Waals surface area contributed by atoms with Gasteiger partial charge in [0.05, 0.1) is 11.5 Å². The van der Waals surface area contributed by atoms with Crippen molar-refractivity contribution < 1.29 is 16.8 Å². The zero-order valence-electron chi connectivity index (χ0n) is 13.1. The second-order valence-corrected chi connectivity index (χ2v) is 10.2. The molecule has 1 aromatic heterocycles. The molecule has 0 amide bonds. The van der Waals surface area contributed by atoms with Crippen LogP contribution in [0.25, 0.3) is 0 Å². The molecule has 12 heteroatoms. The molecule has 8 nitrogen and oxygen atoms in total. The van der Waals surface area contributed by atoms with E-state index in [0.29, 0.717) is 18.9 Å². The number of sulfonamides is 1. The molecule has 138 valence electrons. The van der Waals surface area contributed by atoms with Crippen molar-refractivity contribution in [2.24, 2.45) is 4.99 Å². The summed E-state index contributed by atoms with van der Waals surface area (Å²) in [5.41, 5.74) is 0. The van der Waals surface area contributed by atoms with E-state index in [9.17, 15) is 16.8 Å². The van der Waals surface area contributed by atoms with Gasteiger partial charge in [0.1, 0.15) is 4.21 Å². The number of nitrogens with one attached hydrogen (secondary N) is 3. The number of aliphatic imine (C=N–C) groups is 1. The predicted octanol–water partition coefficient (Wildman–Crippen LogP) is -0.00350. The highest BCUT2D eigenvalue weighted by atomic mass is 127. The number of guanidine groups is 1. The number of hydrogen-bond donors (Lipinski definition) is 3. The van der Waals surface area contributed by atoms with Crippen LogP contribution in [0.4, 0.5) is 0 Å². The summed E-state index contributed by atoms with van der Waals surface area (Å²) in [6.45, 7) is 0.535. The minimum atomic E-state index is -3.47. The third kappa shape index (κ3) is 6.46. The first-order chi connectivity index (χ1) is 10.8. The topological polar surface area (TPSA) is 117 Å².